The Morgan fingerprint density at radius 2 is 0.979 bits per heavy atom. The number of nitrogens with zero attached hydrogens (tertiary/aromatic N) is 4. The van der Waals surface area contributed by atoms with Gasteiger partial charge in [0.15, 0.2) is 11.6 Å². The molecule has 0 aliphatic carbocycles. The summed E-state index contributed by atoms with van der Waals surface area (Å²) in [5.74, 6) is 1.83. The van der Waals surface area contributed by atoms with Crippen molar-refractivity contribution in [3.8, 4) is 39.9 Å². The van der Waals surface area contributed by atoms with E-state index >= 15 is 0 Å². The lowest BCUT2D eigenvalue weighted by Gasteiger charge is -2.13. The van der Waals surface area contributed by atoms with E-state index in [1.807, 2.05) is 72.8 Å². The monoisotopic (exact) mass is 614 g/mol. The van der Waals surface area contributed by atoms with E-state index in [1.54, 1.807) is 0 Å². The predicted octanol–water partition coefficient (Wildman–Crippen LogP) is 11.0. The van der Waals surface area contributed by atoms with Crippen molar-refractivity contribution in [3.05, 3.63) is 158 Å². The molecule has 0 aliphatic rings. The number of hydrogen-bond acceptors (Lipinski definition) is 4. The average molecular weight is 615 g/mol. The van der Waals surface area contributed by atoms with Gasteiger partial charge in [0.25, 0.3) is 0 Å². The molecule has 0 unspecified atom stereocenters. The fourth-order valence-electron chi connectivity index (χ4n) is 7.08. The standard InChI is InChI=1S/C43H26N4O/c1-3-13-27(14-4-1)41-44-42(28-15-5-2-6-16-28)46-43(45-41)47-36-21-11-9-20-33(36)40-32-19-8-7-17-30(32)34(26-37(40)47)29-23-24-39-35(25-29)31-18-10-12-22-38(31)48-39/h1-26H. The number of hydrogen-bond donors (Lipinski definition) is 0. The third-order valence-corrected chi connectivity index (χ3v) is 9.25. The smallest absolute Gasteiger partial charge is 0.238 e. The number of rotatable bonds is 4. The summed E-state index contributed by atoms with van der Waals surface area (Å²) in [7, 11) is 0. The number of aromatic nitrogens is 4. The molecule has 3 heterocycles. The highest BCUT2D eigenvalue weighted by atomic mass is 16.3. The van der Waals surface area contributed by atoms with Crippen molar-refractivity contribution in [2.75, 3.05) is 0 Å². The molecule has 0 radical (unpaired) electrons. The van der Waals surface area contributed by atoms with E-state index in [4.69, 9.17) is 19.4 Å². The zero-order chi connectivity index (χ0) is 31.6. The van der Waals surface area contributed by atoms with E-state index in [-0.39, 0.29) is 0 Å². The molecule has 0 fully saturated rings. The molecule has 0 bridgehead atoms. The predicted molar refractivity (Wildman–Crippen MR) is 195 cm³/mol. The van der Waals surface area contributed by atoms with Gasteiger partial charge in [0.05, 0.1) is 11.0 Å². The molecule has 10 aromatic rings. The lowest BCUT2D eigenvalue weighted by molar-refractivity contribution is 0.669. The summed E-state index contributed by atoms with van der Waals surface area (Å²) in [5, 5.41) is 6.90. The molecule has 0 N–H and O–H groups in total. The van der Waals surface area contributed by atoms with Crippen molar-refractivity contribution in [1.29, 1.82) is 0 Å². The summed E-state index contributed by atoms with van der Waals surface area (Å²) in [6.07, 6.45) is 0. The van der Waals surface area contributed by atoms with Gasteiger partial charge in [0.1, 0.15) is 11.2 Å². The zero-order valence-corrected chi connectivity index (χ0v) is 25.7. The van der Waals surface area contributed by atoms with Crippen LogP contribution in [0, 0.1) is 0 Å². The van der Waals surface area contributed by atoms with Crippen LogP contribution in [0.4, 0.5) is 0 Å². The van der Waals surface area contributed by atoms with Crippen molar-refractivity contribution >= 4 is 54.5 Å². The SMILES string of the molecule is c1ccc(-c2nc(-c3ccccc3)nc(-n3c4ccccc4c4c5ccccc5c(-c5ccc6oc7ccccc7c6c5)cc43)n2)cc1. The lowest BCUT2D eigenvalue weighted by atomic mass is 9.94. The number of para-hydroxylation sites is 2. The minimum atomic E-state index is 0.575. The Morgan fingerprint density at radius 3 is 1.71 bits per heavy atom. The average Bonchev–Trinajstić information content (AvgIpc) is 3.70. The Kier molecular flexibility index (Phi) is 5.81. The first-order valence-corrected chi connectivity index (χ1v) is 16.0. The van der Waals surface area contributed by atoms with Crippen LogP contribution in [0.25, 0.3) is 94.4 Å². The summed E-state index contributed by atoms with van der Waals surface area (Å²) in [4.78, 5) is 15.3. The maximum atomic E-state index is 6.19. The summed E-state index contributed by atoms with van der Waals surface area (Å²) >= 11 is 0. The minimum absolute atomic E-state index is 0.575. The van der Waals surface area contributed by atoms with Crippen LogP contribution in [0.3, 0.4) is 0 Å². The summed E-state index contributed by atoms with van der Waals surface area (Å²) in [5.41, 5.74) is 7.97. The van der Waals surface area contributed by atoms with Crippen LogP contribution >= 0.6 is 0 Å². The van der Waals surface area contributed by atoms with Crippen LogP contribution in [0.15, 0.2) is 162 Å². The second kappa shape index (κ2) is 10.5. The van der Waals surface area contributed by atoms with Gasteiger partial charge in [-0.05, 0) is 52.2 Å². The minimum Gasteiger partial charge on any atom is -0.456 e. The maximum Gasteiger partial charge on any atom is 0.238 e. The van der Waals surface area contributed by atoms with Gasteiger partial charge in [-0.3, -0.25) is 4.57 Å². The van der Waals surface area contributed by atoms with E-state index in [0.29, 0.717) is 17.6 Å². The van der Waals surface area contributed by atoms with E-state index < -0.39 is 0 Å². The molecule has 7 aromatic carbocycles. The van der Waals surface area contributed by atoms with Crippen LogP contribution in [-0.4, -0.2) is 19.5 Å². The fraction of sp³-hybridized carbons (Fsp3) is 0. The van der Waals surface area contributed by atoms with E-state index in [9.17, 15) is 0 Å². The van der Waals surface area contributed by atoms with Gasteiger partial charge in [-0.1, -0.05) is 127 Å². The Morgan fingerprint density at radius 1 is 0.396 bits per heavy atom. The third kappa shape index (κ3) is 4.08. The van der Waals surface area contributed by atoms with Crippen LogP contribution in [0.2, 0.25) is 0 Å². The molecule has 224 valence electrons. The number of furan rings is 1. The fourth-order valence-corrected chi connectivity index (χ4v) is 7.08. The van der Waals surface area contributed by atoms with E-state index in [2.05, 4.69) is 89.5 Å². The molecule has 0 aliphatic heterocycles. The largest absolute Gasteiger partial charge is 0.456 e. The van der Waals surface area contributed by atoms with Crippen molar-refractivity contribution in [1.82, 2.24) is 19.5 Å². The van der Waals surface area contributed by atoms with Crippen molar-refractivity contribution in [2.24, 2.45) is 0 Å². The van der Waals surface area contributed by atoms with Crippen LogP contribution in [0.5, 0.6) is 0 Å². The summed E-state index contributed by atoms with van der Waals surface area (Å²) in [6, 6.07) is 54.5. The molecule has 0 saturated carbocycles. The topological polar surface area (TPSA) is 56.7 Å². The molecule has 5 heteroatoms. The molecular formula is C43H26N4O. The number of fused-ring (bicyclic) bond motifs is 8. The Hall–Kier alpha value is -6.59. The highest BCUT2D eigenvalue weighted by Gasteiger charge is 2.21. The van der Waals surface area contributed by atoms with Gasteiger partial charge >= 0.3 is 0 Å². The van der Waals surface area contributed by atoms with E-state index in [1.165, 1.54) is 16.2 Å². The molecule has 0 spiro atoms. The molecule has 48 heavy (non-hydrogen) atoms. The highest BCUT2D eigenvalue weighted by molar-refractivity contribution is 6.24. The molecule has 3 aromatic heterocycles. The quantitative estimate of drug-likeness (QED) is 0.198. The molecule has 0 atom stereocenters. The Balaban J connectivity index is 1.31. The van der Waals surface area contributed by atoms with Crippen molar-refractivity contribution < 1.29 is 4.42 Å². The maximum absolute atomic E-state index is 6.19. The van der Waals surface area contributed by atoms with Gasteiger partial charge in [0, 0.05) is 32.7 Å². The Labute approximate surface area is 275 Å². The lowest BCUT2D eigenvalue weighted by Crippen LogP contribution is -2.06. The zero-order valence-electron chi connectivity index (χ0n) is 25.7. The van der Waals surface area contributed by atoms with Gasteiger partial charge in [-0.25, -0.2) is 4.98 Å². The first-order chi connectivity index (χ1) is 23.8. The molecule has 0 saturated heterocycles. The second-order valence-electron chi connectivity index (χ2n) is 12.0. The van der Waals surface area contributed by atoms with Gasteiger partial charge in [-0.2, -0.15) is 9.97 Å². The Bertz CT molecular complexity index is 2780. The molecule has 0 amide bonds. The molecular weight excluding hydrogens is 589 g/mol. The van der Waals surface area contributed by atoms with Crippen LogP contribution in [0.1, 0.15) is 0 Å². The van der Waals surface area contributed by atoms with Gasteiger partial charge in [-0.15, -0.1) is 0 Å². The van der Waals surface area contributed by atoms with E-state index in [0.717, 1.165) is 60.6 Å². The van der Waals surface area contributed by atoms with Crippen molar-refractivity contribution in [2.45, 2.75) is 0 Å². The summed E-state index contributed by atoms with van der Waals surface area (Å²) < 4.78 is 8.39. The van der Waals surface area contributed by atoms with Gasteiger partial charge < -0.3 is 4.42 Å². The second-order valence-corrected chi connectivity index (χ2v) is 12.0. The normalized spacial score (nSPS) is 11.8. The molecule has 10 rings (SSSR count). The summed E-state index contributed by atoms with van der Waals surface area (Å²) in [6.45, 7) is 0. The number of benzene rings is 7. The first kappa shape index (κ1) is 26.6. The first-order valence-electron chi connectivity index (χ1n) is 16.0. The highest BCUT2D eigenvalue weighted by Crippen LogP contribution is 2.42. The third-order valence-electron chi connectivity index (χ3n) is 9.25. The van der Waals surface area contributed by atoms with Crippen LogP contribution < -0.4 is 0 Å². The van der Waals surface area contributed by atoms with Gasteiger partial charge in [0.2, 0.25) is 5.95 Å². The van der Waals surface area contributed by atoms with Crippen LogP contribution in [-0.2, 0) is 0 Å². The van der Waals surface area contributed by atoms with Crippen molar-refractivity contribution in [3.63, 3.8) is 0 Å². The molecule has 5 nitrogen and oxygen atoms in total.